The largest absolute Gasteiger partial charge is 0.309 e. The molecule has 1 heterocycles. The molecule has 0 unspecified atom stereocenters. The minimum Gasteiger partial charge on any atom is -0.309 e. The van der Waals surface area contributed by atoms with Crippen LogP contribution in [0.25, 0.3) is 0 Å². The van der Waals surface area contributed by atoms with E-state index in [-0.39, 0.29) is 27.6 Å². The summed E-state index contributed by atoms with van der Waals surface area (Å²) in [6.07, 6.45) is 0. The van der Waals surface area contributed by atoms with Crippen LogP contribution in [0.4, 0.5) is 10.1 Å². The van der Waals surface area contributed by atoms with Gasteiger partial charge in [0.1, 0.15) is 5.82 Å². The molecule has 0 bridgehead atoms. The Bertz CT molecular complexity index is 634. The highest BCUT2D eigenvalue weighted by Crippen LogP contribution is 2.22. The van der Waals surface area contributed by atoms with Crippen molar-refractivity contribution in [3.05, 3.63) is 52.0 Å². The van der Waals surface area contributed by atoms with Crippen LogP contribution in [0.3, 0.4) is 0 Å². The van der Waals surface area contributed by atoms with E-state index in [1.165, 1.54) is 35.2 Å². The van der Waals surface area contributed by atoms with Crippen LogP contribution in [0, 0.1) is 5.82 Å². The van der Waals surface area contributed by atoms with Crippen molar-refractivity contribution >= 4 is 34.8 Å². The third-order valence-corrected chi connectivity index (χ3v) is 3.11. The van der Waals surface area contributed by atoms with Crippen molar-refractivity contribution in [1.29, 1.82) is 0 Å². The summed E-state index contributed by atoms with van der Waals surface area (Å²) >= 11 is 11.6. The average Bonchev–Trinajstić information content (AvgIpc) is 2.44. The Morgan fingerprint density at radius 1 is 1.25 bits per heavy atom. The summed E-state index contributed by atoms with van der Waals surface area (Å²) in [4.78, 5) is 13.9. The summed E-state index contributed by atoms with van der Waals surface area (Å²) in [5.74, 6) is -0.746. The van der Waals surface area contributed by atoms with E-state index in [1.807, 2.05) is 0 Å². The molecule has 20 heavy (non-hydrogen) atoms. The van der Waals surface area contributed by atoms with Crippen molar-refractivity contribution in [3.63, 3.8) is 0 Å². The highest BCUT2D eigenvalue weighted by molar-refractivity contribution is 6.34. The highest BCUT2D eigenvalue weighted by atomic mass is 35.5. The first-order valence-corrected chi connectivity index (χ1v) is 6.54. The zero-order valence-electron chi connectivity index (χ0n) is 10.5. The van der Waals surface area contributed by atoms with Gasteiger partial charge in [-0.3, -0.25) is 4.79 Å². The van der Waals surface area contributed by atoms with Crippen molar-refractivity contribution in [2.45, 2.75) is 6.92 Å². The van der Waals surface area contributed by atoms with Gasteiger partial charge in [0.15, 0.2) is 10.3 Å². The van der Waals surface area contributed by atoms with Gasteiger partial charge in [-0.25, -0.2) is 4.39 Å². The number of amides is 1. The summed E-state index contributed by atoms with van der Waals surface area (Å²) in [5.41, 5.74) is 0.709. The number of halogens is 3. The van der Waals surface area contributed by atoms with Crippen LogP contribution >= 0.6 is 23.2 Å². The zero-order chi connectivity index (χ0) is 14.7. The van der Waals surface area contributed by atoms with Crippen molar-refractivity contribution in [2.24, 2.45) is 0 Å². The molecule has 0 radical (unpaired) electrons. The maximum absolute atomic E-state index is 12.9. The SMILES string of the molecule is CCN(C(=O)c1cc(Cl)nnc1Cl)c1ccc(F)cc1. The van der Waals surface area contributed by atoms with Crippen LogP contribution in [0.2, 0.25) is 10.3 Å². The molecule has 1 aromatic carbocycles. The first-order valence-electron chi connectivity index (χ1n) is 5.79. The molecule has 1 amide bonds. The van der Waals surface area contributed by atoms with Gasteiger partial charge in [-0.2, -0.15) is 0 Å². The van der Waals surface area contributed by atoms with E-state index in [9.17, 15) is 9.18 Å². The Morgan fingerprint density at radius 2 is 1.90 bits per heavy atom. The number of carbonyl (C=O) groups excluding carboxylic acids is 1. The number of hydrogen-bond donors (Lipinski definition) is 0. The van der Waals surface area contributed by atoms with Crippen LogP contribution in [0.15, 0.2) is 30.3 Å². The molecule has 0 aliphatic rings. The molecule has 0 aliphatic carbocycles. The van der Waals surface area contributed by atoms with Crippen LogP contribution in [-0.4, -0.2) is 22.6 Å². The summed E-state index contributed by atoms with van der Waals surface area (Å²) in [6, 6.07) is 6.95. The van der Waals surface area contributed by atoms with E-state index in [0.29, 0.717) is 12.2 Å². The van der Waals surface area contributed by atoms with Gasteiger partial charge in [-0.05, 0) is 37.3 Å². The van der Waals surface area contributed by atoms with Gasteiger partial charge in [0.05, 0.1) is 5.56 Å². The van der Waals surface area contributed by atoms with Gasteiger partial charge in [-0.15, -0.1) is 10.2 Å². The first kappa shape index (κ1) is 14.7. The van der Waals surface area contributed by atoms with E-state index in [1.54, 1.807) is 6.92 Å². The molecule has 4 nitrogen and oxygen atoms in total. The van der Waals surface area contributed by atoms with Gasteiger partial charge in [-0.1, -0.05) is 23.2 Å². The molecule has 2 rings (SSSR count). The van der Waals surface area contributed by atoms with Crippen molar-refractivity contribution in [2.75, 3.05) is 11.4 Å². The second-order valence-electron chi connectivity index (χ2n) is 3.90. The Balaban J connectivity index is 2.38. The Kier molecular flexibility index (Phi) is 4.52. The third-order valence-electron chi connectivity index (χ3n) is 2.65. The average molecular weight is 314 g/mol. The van der Waals surface area contributed by atoms with Crippen LogP contribution in [0.1, 0.15) is 17.3 Å². The lowest BCUT2D eigenvalue weighted by molar-refractivity contribution is 0.0988. The number of carbonyl (C=O) groups is 1. The fourth-order valence-corrected chi connectivity index (χ4v) is 2.03. The molecular formula is C13H10Cl2FN3O. The maximum atomic E-state index is 12.9. The minimum atomic E-state index is -0.374. The molecule has 2 aromatic rings. The van der Waals surface area contributed by atoms with Gasteiger partial charge in [0.2, 0.25) is 0 Å². The first-order chi connectivity index (χ1) is 9.52. The Hall–Kier alpha value is -1.72. The lowest BCUT2D eigenvalue weighted by Gasteiger charge is -2.21. The summed E-state index contributed by atoms with van der Waals surface area (Å²) < 4.78 is 12.9. The minimum absolute atomic E-state index is 0.0278. The zero-order valence-corrected chi connectivity index (χ0v) is 12.0. The Morgan fingerprint density at radius 3 is 2.50 bits per heavy atom. The van der Waals surface area contributed by atoms with Crippen LogP contribution in [0.5, 0.6) is 0 Å². The van der Waals surface area contributed by atoms with Crippen LogP contribution in [-0.2, 0) is 0 Å². The van der Waals surface area contributed by atoms with E-state index < -0.39 is 0 Å². The molecule has 0 spiro atoms. The van der Waals surface area contributed by atoms with Crippen molar-refractivity contribution < 1.29 is 9.18 Å². The number of rotatable bonds is 3. The topological polar surface area (TPSA) is 46.1 Å². The predicted octanol–water partition coefficient (Wildman–Crippen LogP) is 3.59. The predicted molar refractivity (Wildman–Crippen MR) is 75.8 cm³/mol. The molecule has 0 aliphatic heterocycles. The monoisotopic (exact) mass is 313 g/mol. The smallest absolute Gasteiger partial charge is 0.261 e. The fraction of sp³-hybridized carbons (Fsp3) is 0.154. The molecule has 7 heteroatoms. The highest BCUT2D eigenvalue weighted by Gasteiger charge is 2.20. The molecular weight excluding hydrogens is 304 g/mol. The number of anilines is 1. The molecule has 0 saturated heterocycles. The van der Waals surface area contributed by atoms with Crippen molar-refractivity contribution in [1.82, 2.24) is 10.2 Å². The quantitative estimate of drug-likeness (QED) is 0.870. The molecule has 104 valence electrons. The standard InChI is InChI=1S/C13H10Cl2FN3O/c1-2-19(9-5-3-8(16)4-6-9)13(20)10-7-11(14)17-18-12(10)15/h3-7H,2H2,1H3. The molecule has 0 fully saturated rings. The molecule has 0 atom stereocenters. The number of aromatic nitrogens is 2. The normalized spacial score (nSPS) is 10.4. The second-order valence-corrected chi connectivity index (χ2v) is 4.64. The number of nitrogens with zero attached hydrogens (tertiary/aromatic N) is 3. The van der Waals surface area contributed by atoms with Crippen LogP contribution < -0.4 is 4.90 Å². The summed E-state index contributed by atoms with van der Waals surface area (Å²) in [7, 11) is 0. The lowest BCUT2D eigenvalue weighted by Crippen LogP contribution is -2.31. The van der Waals surface area contributed by atoms with Crippen molar-refractivity contribution in [3.8, 4) is 0 Å². The Labute approximate surface area is 125 Å². The van der Waals surface area contributed by atoms with E-state index in [2.05, 4.69) is 10.2 Å². The number of benzene rings is 1. The molecule has 1 aromatic heterocycles. The van der Waals surface area contributed by atoms with Gasteiger partial charge in [0.25, 0.3) is 5.91 Å². The molecule has 0 saturated carbocycles. The summed E-state index contributed by atoms with van der Waals surface area (Å²) in [5, 5.41) is 7.20. The van der Waals surface area contributed by atoms with E-state index in [4.69, 9.17) is 23.2 Å². The maximum Gasteiger partial charge on any atom is 0.261 e. The van der Waals surface area contributed by atoms with Gasteiger partial charge in [0, 0.05) is 12.2 Å². The second kappa shape index (κ2) is 6.15. The van der Waals surface area contributed by atoms with Gasteiger partial charge >= 0.3 is 0 Å². The number of hydrogen-bond acceptors (Lipinski definition) is 3. The molecule has 0 N–H and O–H groups in total. The van der Waals surface area contributed by atoms with Gasteiger partial charge < -0.3 is 4.90 Å². The van der Waals surface area contributed by atoms with E-state index >= 15 is 0 Å². The lowest BCUT2D eigenvalue weighted by atomic mass is 10.2. The fourth-order valence-electron chi connectivity index (χ4n) is 1.71. The third kappa shape index (κ3) is 3.05. The van der Waals surface area contributed by atoms with E-state index in [0.717, 1.165) is 0 Å². The summed E-state index contributed by atoms with van der Waals surface area (Å²) in [6.45, 7) is 2.19.